The summed E-state index contributed by atoms with van der Waals surface area (Å²) in [7, 11) is 0. The van der Waals surface area contributed by atoms with Crippen LogP contribution >= 0.6 is 11.3 Å². The van der Waals surface area contributed by atoms with E-state index in [1.54, 1.807) is 11.3 Å². The van der Waals surface area contributed by atoms with Crippen molar-refractivity contribution >= 4 is 28.2 Å². The van der Waals surface area contributed by atoms with Gasteiger partial charge >= 0.3 is 0 Å². The predicted molar refractivity (Wildman–Crippen MR) is 103 cm³/mol. The third-order valence-electron chi connectivity index (χ3n) is 5.95. The first kappa shape index (κ1) is 18.4. The van der Waals surface area contributed by atoms with Gasteiger partial charge in [-0.25, -0.2) is 0 Å². The Morgan fingerprint density at radius 2 is 1.92 bits per heavy atom. The van der Waals surface area contributed by atoms with Crippen molar-refractivity contribution in [2.45, 2.75) is 77.6 Å². The standard InChI is InChI=1S/C20H30N2O2S/c1-2-13-8-10-15-16(12-13)25-20(18(15)19(21)24)22-17(23)11-9-14-6-4-3-5-7-14/h13-14H,2-12H2,1H3,(H2,21,24)(H,22,23)/t13-/m0/s1. The summed E-state index contributed by atoms with van der Waals surface area (Å²) in [5.41, 5.74) is 7.29. The number of amides is 2. The Kier molecular flexibility index (Phi) is 6.15. The largest absolute Gasteiger partial charge is 0.365 e. The molecule has 0 aromatic carbocycles. The van der Waals surface area contributed by atoms with Crippen molar-refractivity contribution in [1.82, 2.24) is 0 Å². The van der Waals surface area contributed by atoms with Gasteiger partial charge in [0.15, 0.2) is 0 Å². The van der Waals surface area contributed by atoms with Crippen molar-refractivity contribution in [2.24, 2.45) is 17.6 Å². The number of nitrogens with two attached hydrogens (primary N) is 1. The molecule has 3 N–H and O–H groups in total. The summed E-state index contributed by atoms with van der Waals surface area (Å²) in [5, 5.41) is 3.68. The minimum Gasteiger partial charge on any atom is -0.365 e. The molecule has 1 heterocycles. The average Bonchev–Trinajstić information content (AvgIpc) is 2.97. The molecule has 1 fully saturated rings. The first-order chi connectivity index (χ1) is 12.1. The third kappa shape index (κ3) is 4.43. The summed E-state index contributed by atoms with van der Waals surface area (Å²) in [5.74, 6) is 0.993. The van der Waals surface area contributed by atoms with Crippen molar-refractivity contribution in [1.29, 1.82) is 0 Å². The van der Waals surface area contributed by atoms with Crippen LogP contribution in [0, 0.1) is 11.8 Å². The lowest BCUT2D eigenvalue weighted by molar-refractivity contribution is -0.116. The maximum absolute atomic E-state index is 12.4. The molecule has 5 heteroatoms. The molecular weight excluding hydrogens is 332 g/mol. The van der Waals surface area contributed by atoms with Crippen molar-refractivity contribution in [3.8, 4) is 0 Å². The normalized spacial score (nSPS) is 20.9. The van der Waals surface area contributed by atoms with Gasteiger partial charge in [0.25, 0.3) is 5.91 Å². The molecule has 2 amide bonds. The van der Waals surface area contributed by atoms with Crippen LogP contribution in [-0.2, 0) is 17.6 Å². The van der Waals surface area contributed by atoms with Crippen molar-refractivity contribution in [3.63, 3.8) is 0 Å². The third-order valence-corrected chi connectivity index (χ3v) is 7.12. The molecular formula is C20H30N2O2S. The number of fused-ring (bicyclic) bond motifs is 1. The molecule has 2 aliphatic rings. The Balaban J connectivity index is 1.66. The van der Waals surface area contributed by atoms with Gasteiger partial charge in [-0.1, -0.05) is 45.4 Å². The Hall–Kier alpha value is -1.36. The minimum atomic E-state index is -0.407. The van der Waals surface area contributed by atoms with E-state index in [0.29, 0.717) is 28.8 Å². The fraction of sp³-hybridized carbons (Fsp3) is 0.700. The highest BCUT2D eigenvalue weighted by molar-refractivity contribution is 7.17. The van der Waals surface area contributed by atoms with E-state index in [2.05, 4.69) is 12.2 Å². The van der Waals surface area contributed by atoms with E-state index >= 15 is 0 Å². The molecule has 4 nitrogen and oxygen atoms in total. The van der Waals surface area contributed by atoms with Crippen LogP contribution in [-0.4, -0.2) is 11.8 Å². The summed E-state index contributed by atoms with van der Waals surface area (Å²) in [6.07, 6.45) is 12.1. The van der Waals surface area contributed by atoms with Crippen molar-refractivity contribution in [2.75, 3.05) is 5.32 Å². The van der Waals surface area contributed by atoms with E-state index in [0.717, 1.165) is 37.7 Å². The van der Waals surface area contributed by atoms with Gasteiger partial charge < -0.3 is 11.1 Å². The quantitative estimate of drug-likeness (QED) is 0.772. The molecule has 1 atom stereocenters. The summed E-state index contributed by atoms with van der Waals surface area (Å²) in [6.45, 7) is 2.21. The molecule has 1 aromatic rings. The molecule has 0 spiro atoms. The van der Waals surface area contributed by atoms with E-state index < -0.39 is 5.91 Å². The average molecular weight is 363 g/mol. The van der Waals surface area contributed by atoms with E-state index in [4.69, 9.17) is 5.73 Å². The SMILES string of the molecule is CC[C@H]1CCc2c(sc(NC(=O)CCC3CCCCC3)c2C(N)=O)C1. The molecule has 0 unspecified atom stereocenters. The molecule has 0 aliphatic heterocycles. The number of hydrogen-bond acceptors (Lipinski definition) is 3. The number of rotatable bonds is 6. The predicted octanol–water partition coefficient (Wildman–Crippen LogP) is 4.66. The zero-order chi connectivity index (χ0) is 17.8. The molecule has 138 valence electrons. The Labute approximate surface area is 154 Å². The number of carbonyl (C=O) groups is 2. The van der Waals surface area contributed by atoms with Gasteiger partial charge in [0.05, 0.1) is 5.56 Å². The monoisotopic (exact) mass is 362 g/mol. The van der Waals surface area contributed by atoms with Gasteiger partial charge in [-0.2, -0.15) is 0 Å². The van der Waals surface area contributed by atoms with Gasteiger partial charge in [0, 0.05) is 11.3 Å². The smallest absolute Gasteiger partial charge is 0.251 e. The van der Waals surface area contributed by atoms with Crippen LogP contribution in [0.25, 0.3) is 0 Å². The molecule has 0 saturated heterocycles. The molecule has 25 heavy (non-hydrogen) atoms. The first-order valence-electron chi connectivity index (χ1n) is 9.82. The number of thiophene rings is 1. The Bertz CT molecular complexity index is 632. The highest BCUT2D eigenvalue weighted by atomic mass is 32.1. The maximum atomic E-state index is 12.4. The Morgan fingerprint density at radius 1 is 1.16 bits per heavy atom. The second-order valence-electron chi connectivity index (χ2n) is 7.68. The highest BCUT2D eigenvalue weighted by Gasteiger charge is 2.28. The molecule has 0 bridgehead atoms. The maximum Gasteiger partial charge on any atom is 0.251 e. The van der Waals surface area contributed by atoms with E-state index in [1.807, 2.05) is 0 Å². The number of hydrogen-bond donors (Lipinski definition) is 2. The van der Waals surface area contributed by atoms with E-state index in [9.17, 15) is 9.59 Å². The van der Waals surface area contributed by atoms with Gasteiger partial charge in [-0.15, -0.1) is 11.3 Å². The van der Waals surface area contributed by atoms with Gasteiger partial charge in [0.2, 0.25) is 5.91 Å². The second kappa shape index (κ2) is 8.35. The van der Waals surface area contributed by atoms with Crippen LogP contribution in [0.2, 0.25) is 0 Å². The van der Waals surface area contributed by atoms with Crippen LogP contribution in [0.15, 0.2) is 0 Å². The molecule has 2 aliphatic carbocycles. The lowest BCUT2D eigenvalue weighted by Crippen LogP contribution is -2.20. The van der Waals surface area contributed by atoms with Crippen LogP contribution in [0.4, 0.5) is 5.00 Å². The molecule has 1 saturated carbocycles. The van der Waals surface area contributed by atoms with E-state index in [1.165, 1.54) is 37.0 Å². The zero-order valence-corrected chi connectivity index (χ0v) is 16.1. The zero-order valence-electron chi connectivity index (χ0n) is 15.2. The molecule has 0 radical (unpaired) electrons. The topological polar surface area (TPSA) is 72.2 Å². The minimum absolute atomic E-state index is 0.0266. The summed E-state index contributed by atoms with van der Waals surface area (Å²) < 4.78 is 0. The van der Waals surface area contributed by atoms with Crippen LogP contribution in [0.5, 0.6) is 0 Å². The van der Waals surface area contributed by atoms with Crippen LogP contribution in [0.3, 0.4) is 0 Å². The number of anilines is 1. The summed E-state index contributed by atoms with van der Waals surface area (Å²) in [6, 6.07) is 0. The first-order valence-corrected chi connectivity index (χ1v) is 10.6. The fourth-order valence-corrected chi connectivity index (χ4v) is 5.74. The molecule has 1 aromatic heterocycles. The number of carbonyl (C=O) groups excluding carboxylic acids is 2. The second-order valence-corrected chi connectivity index (χ2v) is 8.79. The Morgan fingerprint density at radius 3 is 2.60 bits per heavy atom. The lowest BCUT2D eigenvalue weighted by Gasteiger charge is -2.21. The van der Waals surface area contributed by atoms with Gasteiger partial charge in [-0.3, -0.25) is 9.59 Å². The summed E-state index contributed by atoms with van der Waals surface area (Å²) >= 11 is 1.57. The molecule has 3 rings (SSSR count). The highest BCUT2D eigenvalue weighted by Crippen LogP contribution is 2.40. The van der Waals surface area contributed by atoms with Crippen LogP contribution < -0.4 is 11.1 Å². The fourth-order valence-electron chi connectivity index (χ4n) is 4.35. The van der Waals surface area contributed by atoms with Gasteiger partial charge in [0.1, 0.15) is 5.00 Å². The number of nitrogens with one attached hydrogen (secondary N) is 1. The van der Waals surface area contributed by atoms with E-state index in [-0.39, 0.29) is 5.91 Å². The summed E-state index contributed by atoms with van der Waals surface area (Å²) in [4.78, 5) is 25.6. The number of primary amides is 1. The van der Waals surface area contributed by atoms with Crippen LogP contribution in [0.1, 0.15) is 85.5 Å². The van der Waals surface area contributed by atoms with Crippen molar-refractivity contribution in [3.05, 3.63) is 16.0 Å². The lowest BCUT2D eigenvalue weighted by atomic mass is 9.85. The van der Waals surface area contributed by atoms with Gasteiger partial charge in [-0.05, 0) is 43.1 Å². The van der Waals surface area contributed by atoms with Crippen molar-refractivity contribution < 1.29 is 9.59 Å².